The fraction of sp³-hybridized carbons (Fsp3) is 0.526. The number of rotatable bonds is 1. The second kappa shape index (κ2) is 6.07. The summed E-state index contributed by atoms with van der Waals surface area (Å²) in [7, 11) is 0. The lowest BCUT2D eigenvalue weighted by Crippen LogP contribution is -2.37. The van der Waals surface area contributed by atoms with Crippen LogP contribution in [0.2, 0.25) is 0 Å². The van der Waals surface area contributed by atoms with E-state index >= 15 is 0 Å². The summed E-state index contributed by atoms with van der Waals surface area (Å²) >= 11 is 0. The molecule has 2 atom stereocenters. The standard InChI is InChI=1S/C19H23FN4O2/c1-19(2,3)26-18(25)24-10-13-8-23(9-14(13)11-24)17-21-7-12-6-15(20)4-5-16(12)22-17/h4-7,13-14H,8-11H2,1-3H3. The summed E-state index contributed by atoms with van der Waals surface area (Å²) in [5.41, 5.74) is 0.267. The van der Waals surface area contributed by atoms with Gasteiger partial charge in [0.25, 0.3) is 0 Å². The Morgan fingerprint density at radius 3 is 2.54 bits per heavy atom. The minimum Gasteiger partial charge on any atom is -0.444 e. The molecule has 2 aromatic rings. The first kappa shape index (κ1) is 17.0. The van der Waals surface area contributed by atoms with E-state index in [-0.39, 0.29) is 11.9 Å². The maximum atomic E-state index is 13.3. The van der Waals surface area contributed by atoms with Crippen LogP contribution in [0.1, 0.15) is 20.8 Å². The van der Waals surface area contributed by atoms with E-state index in [9.17, 15) is 9.18 Å². The molecule has 138 valence electrons. The molecule has 0 N–H and O–H groups in total. The molecule has 2 saturated heterocycles. The van der Waals surface area contributed by atoms with E-state index in [1.807, 2.05) is 25.7 Å². The summed E-state index contributed by atoms with van der Waals surface area (Å²) in [4.78, 5) is 25.2. The van der Waals surface area contributed by atoms with Crippen LogP contribution in [0.3, 0.4) is 0 Å². The highest BCUT2D eigenvalue weighted by Crippen LogP contribution is 2.33. The van der Waals surface area contributed by atoms with Gasteiger partial charge in [0, 0.05) is 49.6 Å². The van der Waals surface area contributed by atoms with Gasteiger partial charge in [0.05, 0.1) is 5.52 Å². The van der Waals surface area contributed by atoms with Gasteiger partial charge in [0.1, 0.15) is 11.4 Å². The Labute approximate surface area is 152 Å². The number of hydrogen-bond acceptors (Lipinski definition) is 5. The van der Waals surface area contributed by atoms with Gasteiger partial charge in [-0.25, -0.2) is 19.2 Å². The summed E-state index contributed by atoms with van der Waals surface area (Å²) < 4.78 is 18.8. The zero-order valence-corrected chi connectivity index (χ0v) is 15.3. The average Bonchev–Trinajstić information content (AvgIpc) is 3.11. The molecular formula is C19H23FN4O2. The smallest absolute Gasteiger partial charge is 0.410 e. The molecule has 3 heterocycles. The number of hydrogen-bond donors (Lipinski definition) is 0. The van der Waals surface area contributed by atoms with E-state index in [4.69, 9.17) is 4.74 Å². The third-order valence-corrected chi connectivity index (χ3v) is 4.95. The van der Waals surface area contributed by atoms with Crippen molar-refractivity contribution in [2.45, 2.75) is 26.4 Å². The van der Waals surface area contributed by atoms with Gasteiger partial charge >= 0.3 is 6.09 Å². The van der Waals surface area contributed by atoms with E-state index in [0.717, 1.165) is 18.6 Å². The van der Waals surface area contributed by atoms with E-state index in [0.29, 0.717) is 36.3 Å². The minimum absolute atomic E-state index is 0.234. The monoisotopic (exact) mass is 358 g/mol. The fourth-order valence-electron chi connectivity index (χ4n) is 3.78. The first-order chi connectivity index (χ1) is 12.3. The number of amides is 1. The zero-order valence-electron chi connectivity index (χ0n) is 15.3. The summed E-state index contributed by atoms with van der Waals surface area (Å²) in [5, 5.41) is 0.698. The van der Waals surface area contributed by atoms with Crippen molar-refractivity contribution in [3.05, 3.63) is 30.2 Å². The van der Waals surface area contributed by atoms with Crippen molar-refractivity contribution in [3.63, 3.8) is 0 Å². The van der Waals surface area contributed by atoms with Crippen LogP contribution in [0, 0.1) is 17.7 Å². The number of halogens is 1. The van der Waals surface area contributed by atoms with Crippen molar-refractivity contribution in [1.82, 2.24) is 14.9 Å². The Morgan fingerprint density at radius 1 is 1.19 bits per heavy atom. The van der Waals surface area contributed by atoms with Crippen molar-refractivity contribution in [3.8, 4) is 0 Å². The third kappa shape index (κ3) is 3.30. The summed E-state index contributed by atoms with van der Waals surface area (Å²) in [6.07, 6.45) is 1.43. The second-order valence-electron chi connectivity index (χ2n) is 8.18. The quantitative estimate of drug-likeness (QED) is 0.784. The topological polar surface area (TPSA) is 58.6 Å². The Bertz CT molecular complexity index is 837. The molecule has 4 rings (SSSR count). The number of anilines is 1. The molecule has 1 amide bonds. The van der Waals surface area contributed by atoms with Crippen LogP contribution >= 0.6 is 0 Å². The number of ether oxygens (including phenoxy) is 1. The Hall–Kier alpha value is -2.44. The molecule has 1 aromatic carbocycles. The number of aromatic nitrogens is 2. The predicted molar refractivity (Wildman–Crippen MR) is 96.5 cm³/mol. The summed E-state index contributed by atoms with van der Waals surface area (Å²) in [6, 6.07) is 4.53. The predicted octanol–water partition coefficient (Wildman–Crippen LogP) is 3.07. The molecule has 0 bridgehead atoms. The van der Waals surface area contributed by atoms with Gasteiger partial charge in [-0.1, -0.05) is 0 Å². The van der Waals surface area contributed by atoms with Gasteiger partial charge in [-0.3, -0.25) is 0 Å². The number of likely N-dealkylation sites (tertiary alicyclic amines) is 1. The maximum absolute atomic E-state index is 13.3. The van der Waals surface area contributed by atoms with Gasteiger partial charge in [0.2, 0.25) is 5.95 Å². The fourth-order valence-corrected chi connectivity index (χ4v) is 3.78. The van der Waals surface area contributed by atoms with E-state index in [2.05, 4.69) is 14.9 Å². The van der Waals surface area contributed by atoms with E-state index in [1.54, 1.807) is 12.3 Å². The van der Waals surface area contributed by atoms with E-state index in [1.165, 1.54) is 12.1 Å². The highest BCUT2D eigenvalue weighted by atomic mass is 19.1. The SMILES string of the molecule is CC(C)(C)OC(=O)N1CC2CN(c3ncc4cc(F)ccc4n3)CC2C1. The van der Waals surface area contributed by atoms with Gasteiger partial charge in [-0.2, -0.15) is 0 Å². The van der Waals surface area contributed by atoms with Crippen LogP contribution in [0.15, 0.2) is 24.4 Å². The largest absolute Gasteiger partial charge is 0.444 e. The summed E-state index contributed by atoms with van der Waals surface area (Å²) in [5.74, 6) is 1.18. The molecule has 7 heteroatoms. The van der Waals surface area contributed by atoms with Gasteiger partial charge in [-0.15, -0.1) is 0 Å². The van der Waals surface area contributed by atoms with Crippen molar-refractivity contribution < 1.29 is 13.9 Å². The molecule has 6 nitrogen and oxygen atoms in total. The molecule has 0 radical (unpaired) electrons. The van der Waals surface area contributed by atoms with E-state index < -0.39 is 5.60 Å². The van der Waals surface area contributed by atoms with Crippen molar-refractivity contribution in [2.75, 3.05) is 31.1 Å². The lowest BCUT2D eigenvalue weighted by molar-refractivity contribution is 0.0282. The molecule has 2 aliphatic heterocycles. The lowest BCUT2D eigenvalue weighted by Gasteiger charge is -2.26. The molecule has 26 heavy (non-hydrogen) atoms. The normalized spacial score (nSPS) is 22.8. The first-order valence-electron chi connectivity index (χ1n) is 8.94. The van der Waals surface area contributed by atoms with Crippen molar-refractivity contribution in [2.24, 2.45) is 11.8 Å². The molecule has 0 saturated carbocycles. The molecule has 2 fully saturated rings. The summed E-state index contributed by atoms with van der Waals surface area (Å²) in [6.45, 7) is 8.68. The van der Waals surface area contributed by atoms with Crippen LogP contribution in [0.25, 0.3) is 10.9 Å². The molecule has 2 aliphatic rings. The highest BCUT2D eigenvalue weighted by molar-refractivity contribution is 5.78. The Kier molecular flexibility index (Phi) is 3.97. The minimum atomic E-state index is -0.473. The molecule has 1 aromatic heterocycles. The van der Waals surface area contributed by atoms with Crippen molar-refractivity contribution in [1.29, 1.82) is 0 Å². The van der Waals surface area contributed by atoms with Crippen LogP contribution in [-0.4, -0.2) is 52.7 Å². The Morgan fingerprint density at radius 2 is 1.88 bits per heavy atom. The van der Waals surface area contributed by atoms with Gasteiger partial charge in [-0.05, 0) is 39.0 Å². The van der Waals surface area contributed by atoms with Gasteiger partial charge in [0.15, 0.2) is 0 Å². The number of carbonyl (C=O) groups is 1. The van der Waals surface area contributed by atoms with Crippen LogP contribution in [0.5, 0.6) is 0 Å². The van der Waals surface area contributed by atoms with Crippen molar-refractivity contribution >= 4 is 22.9 Å². The Balaban J connectivity index is 1.43. The number of carbonyl (C=O) groups excluding carboxylic acids is 1. The molecular weight excluding hydrogens is 335 g/mol. The highest BCUT2D eigenvalue weighted by Gasteiger charge is 2.43. The second-order valence-corrected chi connectivity index (χ2v) is 8.18. The molecule has 0 aliphatic carbocycles. The number of benzene rings is 1. The molecule has 2 unspecified atom stereocenters. The number of nitrogens with zero attached hydrogens (tertiary/aromatic N) is 4. The van der Waals surface area contributed by atoms with Crippen LogP contribution < -0.4 is 4.90 Å². The average molecular weight is 358 g/mol. The van der Waals surface area contributed by atoms with Crippen LogP contribution in [-0.2, 0) is 4.74 Å². The lowest BCUT2D eigenvalue weighted by atomic mass is 10.0. The number of fused-ring (bicyclic) bond motifs is 2. The van der Waals surface area contributed by atoms with Crippen LogP contribution in [0.4, 0.5) is 15.1 Å². The first-order valence-corrected chi connectivity index (χ1v) is 8.94. The zero-order chi connectivity index (χ0) is 18.5. The van der Waals surface area contributed by atoms with Gasteiger partial charge < -0.3 is 14.5 Å². The third-order valence-electron chi connectivity index (χ3n) is 4.95. The maximum Gasteiger partial charge on any atom is 0.410 e. The molecule has 0 spiro atoms.